The van der Waals surface area contributed by atoms with Gasteiger partial charge in [0.05, 0.1) is 10.8 Å². The molecule has 0 spiro atoms. The van der Waals surface area contributed by atoms with Crippen LogP contribution in [0.1, 0.15) is 16.7 Å². The van der Waals surface area contributed by atoms with Crippen molar-refractivity contribution in [1.29, 1.82) is 0 Å². The van der Waals surface area contributed by atoms with Crippen molar-refractivity contribution in [3.63, 3.8) is 0 Å². The van der Waals surface area contributed by atoms with E-state index in [9.17, 15) is 4.79 Å². The lowest BCUT2D eigenvalue weighted by Crippen LogP contribution is -2.40. The molecular weight excluding hydrogens is 342 g/mol. The summed E-state index contributed by atoms with van der Waals surface area (Å²) in [6.07, 6.45) is 3.62. The van der Waals surface area contributed by atoms with E-state index in [0.29, 0.717) is 5.75 Å². The minimum absolute atomic E-state index is 0.397. The van der Waals surface area contributed by atoms with Gasteiger partial charge in [-0.1, -0.05) is 66.7 Å². The second-order valence-corrected chi connectivity index (χ2v) is 7.21. The third kappa shape index (κ3) is 3.64. The van der Waals surface area contributed by atoms with Gasteiger partial charge in [-0.15, -0.1) is 11.8 Å². The minimum atomic E-state index is -0.719. The number of rotatable bonds is 7. The second-order valence-electron chi connectivity index (χ2n) is 5.97. The topological polar surface area (TPSA) is 82.0 Å². The monoisotopic (exact) mass is 363 g/mol. The van der Waals surface area contributed by atoms with Gasteiger partial charge in [0.1, 0.15) is 0 Å². The second kappa shape index (κ2) is 8.17. The Morgan fingerprint density at radius 2 is 1.46 bits per heavy atom. The van der Waals surface area contributed by atoms with Crippen molar-refractivity contribution < 1.29 is 4.79 Å². The molecule has 3 aromatic rings. The lowest BCUT2D eigenvalue weighted by atomic mass is 9.85. The highest BCUT2D eigenvalue weighted by molar-refractivity contribution is 8.00. The molecule has 0 saturated heterocycles. The molecule has 4 N–H and O–H groups in total. The molecule has 1 heterocycles. The Labute approximate surface area is 157 Å². The van der Waals surface area contributed by atoms with E-state index in [-0.39, 0.29) is 0 Å². The molecule has 2 aromatic carbocycles. The average Bonchev–Trinajstić information content (AvgIpc) is 2.70. The Morgan fingerprint density at radius 1 is 0.923 bits per heavy atom. The van der Waals surface area contributed by atoms with Crippen LogP contribution in [0.25, 0.3) is 0 Å². The number of amides is 1. The van der Waals surface area contributed by atoms with Crippen LogP contribution in [0.4, 0.5) is 0 Å². The summed E-state index contributed by atoms with van der Waals surface area (Å²) >= 11 is 1.60. The van der Waals surface area contributed by atoms with Crippen LogP contribution in [0, 0.1) is 0 Å². The molecule has 0 unspecified atom stereocenters. The zero-order valence-corrected chi connectivity index (χ0v) is 15.1. The van der Waals surface area contributed by atoms with E-state index in [0.717, 1.165) is 16.7 Å². The van der Waals surface area contributed by atoms with Crippen LogP contribution in [-0.2, 0) is 9.54 Å². The maximum absolute atomic E-state index is 11.5. The van der Waals surface area contributed by atoms with Gasteiger partial charge in [0.15, 0.2) is 0 Å². The SMILES string of the molecule is NC(=O)[C@@H](N)CSC(c1ccccc1)(c1ccccc1)c1cccnc1. The quantitative estimate of drug-likeness (QED) is 0.676. The Hall–Kier alpha value is -2.63. The van der Waals surface area contributed by atoms with E-state index >= 15 is 0 Å². The van der Waals surface area contributed by atoms with E-state index in [4.69, 9.17) is 11.5 Å². The maximum Gasteiger partial charge on any atom is 0.235 e. The van der Waals surface area contributed by atoms with Gasteiger partial charge in [-0.05, 0) is 22.8 Å². The Bertz CT molecular complexity index is 744. The normalized spacial score (nSPS) is 12.5. The van der Waals surface area contributed by atoms with Crippen molar-refractivity contribution in [3.05, 3.63) is 102 Å². The summed E-state index contributed by atoms with van der Waals surface area (Å²) in [6, 6.07) is 23.6. The molecule has 0 saturated carbocycles. The summed E-state index contributed by atoms with van der Waals surface area (Å²) in [6.45, 7) is 0. The predicted molar refractivity (Wildman–Crippen MR) is 107 cm³/mol. The largest absolute Gasteiger partial charge is 0.368 e. The number of benzene rings is 2. The molecule has 0 radical (unpaired) electrons. The fourth-order valence-corrected chi connectivity index (χ4v) is 4.45. The van der Waals surface area contributed by atoms with E-state index in [2.05, 4.69) is 35.3 Å². The summed E-state index contributed by atoms with van der Waals surface area (Å²) in [5, 5.41) is 0. The van der Waals surface area contributed by atoms with Gasteiger partial charge >= 0.3 is 0 Å². The summed E-state index contributed by atoms with van der Waals surface area (Å²) < 4.78 is -0.538. The Kier molecular flexibility index (Phi) is 5.71. The number of pyridine rings is 1. The predicted octanol–water partition coefficient (Wildman–Crippen LogP) is 2.92. The van der Waals surface area contributed by atoms with Crippen LogP contribution >= 0.6 is 11.8 Å². The third-order valence-corrected chi connectivity index (χ3v) is 5.94. The number of nitrogens with two attached hydrogens (primary N) is 2. The van der Waals surface area contributed by atoms with Gasteiger partial charge < -0.3 is 11.5 Å². The van der Waals surface area contributed by atoms with Crippen molar-refractivity contribution in [2.24, 2.45) is 11.5 Å². The first-order valence-electron chi connectivity index (χ1n) is 8.35. The molecule has 4 nitrogen and oxygen atoms in total. The molecule has 3 rings (SSSR count). The molecule has 132 valence electrons. The standard InChI is InChI=1S/C21H21N3OS/c22-19(20(23)25)15-26-21(16-8-3-1-4-9-16,17-10-5-2-6-11-17)18-12-7-13-24-14-18/h1-14,19H,15,22H2,(H2,23,25)/t19-/m0/s1. The fraction of sp³-hybridized carbons (Fsp3) is 0.143. The molecule has 0 aliphatic carbocycles. The van der Waals surface area contributed by atoms with Gasteiger partial charge in [0, 0.05) is 18.1 Å². The molecule has 1 atom stereocenters. The van der Waals surface area contributed by atoms with Crippen molar-refractivity contribution in [1.82, 2.24) is 4.98 Å². The Morgan fingerprint density at radius 3 is 1.92 bits per heavy atom. The van der Waals surface area contributed by atoms with Crippen molar-refractivity contribution in [3.8, 4) is 0 Å². The van der Waals surface area contributed by atoms with Gasteiger partial charge in [-0.3, -0.25) is 9.78 Å². The number of hydrogen-bond donors (Lipinski definition) is 2. The van der Waals surface area contributed by atoms with E-state index in [1.165, 1.54) is 0 Å². The van der Waals surface area contributed by atoms with Gasteiger partial charge in [-0.2, -0.15) is 0 Å². The molecule has 0 aliphatic heterocycles. The number of aromatic nitrogens is 1. The van der Waals surface area contributed by atoms with Gasteiger partial charge in [-0.25, -0.2) is 0 Å². The zero-order valence-electron chi connectivity index (χ0n) is 14.3. The van der Waals surface area contributed by atoms with E-state index < -0.39 is 16.7 Å². The average molecular weight is 363 g/mol. The number of primary amides is 1. The minimum Gasteiger partial charge on any atom is -0.368 e. The Balaban J connectivity index is 2.19. The van der Waals surface area contributed by atoms with E-state index in [1.807, 2.05) is 48.7 Å². The number of carbonyl (C=O) groups is 1. The summed E-state index contributed by atoms with van der Waals surface area (Å²) in [5.41, 5.74) is 14.6. The number of nitrogens with zero attached hydrogens (tertiary/aromatic N) is 1. The molecule has 0 fully saturated rings. The summed E-state index contributed by atoms with van der Waals surface area (Å²) in [4.78, 5) is 15.8. The van der Waals surface area contributed by atoms with Gasteiger partial charge in [0.25, 0.3) is 0 Å². The molecule has 1 amide bonds. The first-order chi connectivity index (χ1) is 12.6. The van der Waals surface area contributed by atoms with Crippen LogP contribution < -0.4 is 11.5 Å². The summed E-state index contributed by atoms with van der Waals surface area (Å²) in [7, 11) is 0. The summed E-state index contributed by atoms with van der Waals surface area (Å²) in [5.74, 6) is -0.104. The van der Waals surface area contributed by atoms with Crippen LogP contribution in [0.5, 0.6) is 0 Å². The zero-order chi connectivity index (χ0) is 18.4. The fourth-order valence-electron chi connectivity index (χ4n) is 2.96. The lowest BCUT2D eigenvalue weighted by Gasteiger charge is -2.35. The lowest BCUT2D eigenvalue weighted by molar-refractivity contribution is -0.118. The maximum atomic E-state index is 11.5. The molecule has 0 aliphatic rings. The van der Waals surface area contributed by atoms with Gasteiger partial charge in [0.2, 0.25) is 5.91 Å². The highest BCUT2D eigenvalue weighted by atomic mass is 32.2. The van der Waals surface area contributed by atoms with Crippen molar-refractivity contribution in [2.45, 2.75) is 10.8 Å². The first kappa shape index (κ1) is 18.2. The van der Waals surface area contributed by atoms with Crippen LogP contribution in [0.15, 0.2) is 85.2 Å². The molecular formula is C21H21N3OS. The smallest absolute Gasteiger partial charge is 0.235 e. The molecule has 1 aromatic heterocycles. The molecule has 5 heteroatoms. The van der Waals surface area contributed by atoms with Crippen LogP contribution in [0.3, 0.4) is 0 Å². The van der Waals surface area contributed by atoms with Crippen LogP contribution in [-0.4, -0.2) is 22.7 Å². The molecule has 26 heavy (non-hydrogen) atoms. The molecule has 0 bridgehead atoms. The van der Waals surface area contributed by atoms with Crippen molar-refractivity contribution >= 4 is 17.7 Å². The third-order valence-electron chi connectivity index (χ3n) is 4.27. The highest BCUT2D eigenvalue weighted by Crippen LogP contribution is 2.48. The van der Waals surface area contributed by atoms with Crippen molar-refractivity contribution in [2.75, 3.05) is 5.75 Å². The number of thioether (sulfide) groups is 1. The number of carbonyl (C=O) groups excluding carboxylic acids is 1. The number of hydrogen-bond acceptors (Lipinski definition) is 4. The highest BCUT2D eigenvalue weighted by Gasteiger charge is 2.37. The van der Waals surface area contributed by atoms with E-state index in [1.54, 1.807) is 18.0 Å². The first-order valence-corrected chi connectivity index (χ1v) is 9.33. The van der Waals surface area contributed by atoms with Crippen LogP contribution in [0.2, 0.25) is 0 Å².